The summed E-state index contributed by atoms with van der Waals surface area (Å²) in [6, 6.07) is 33.2. The summed E-state index contributed by atoms with van der Waals surface area (Å²) in [6.07, 6.45) is 0. The van der Waals surface area contributed by atoms with Gasteiger partial charge in [0.1, 0.15) is 0 Å². The summed E-state index contributed by atoms with van der Waals surface area (Å²) in [6.45, 7) is 0. The molecule has 150 valence electrons. The first-order valence-corrected chi connectivity index (χ1v) is 13.2. The van der Waals surface area contributed by atoms with Gasteiger partial charge in [0.25, 0.3) is 0 Å². The number of alkyl halides is 3. The Morgan fingerprint density at radius 1 is 0.367 bits per heavy atom. The Morgan fingerprint density at radius 3 is 0.933 bits per heavy atom. The van der Waals surface area contributed by atoms with Crippen LogP contribution < -0.4 is 0 Å². The molecule has 0 aliphatic rings. The summed E-state index contributed by atoms with van der Waals surface area (Å²) in [5.74, 6) is 0. The van der Waals surface area contributed by atoms with Crippen LogP contribution in [0.15, 0.2) is 91.0 Å². The number of hydrogen-bond acceptors (Lipinski definition) is 0. The van der Waals surface area contributed by atoms with Gasteiger partial charge < -0.3 is 0 Å². The third kappa shape index (κ3) is 4.96. The van der Waals surface area contributed by atoms with Gasteiger partial charge in [-0.2, -0.15) is 0 Å². The second-order valence-electron chi connectivity index (χ2n) is 7.30. The Morgan fingerprint density at radius 2 is 0.667 bits per heavy atom. The van der Waals surface area contributed by atoms with Crippen LogP contribution in [0.5, 0.6) is 0 Å². The second kappa shape index (κ2) is 10.1. The normalized spacial score (nSPS) is 10.9. The second-order valence-corrected chi connectivity index (χ2v) is 8.98. The van der Waals surface area contributed by atoms with E-state index in [0.29, 0.717) is 0 Å². The van der Waals surface area contributed by atoms with Crippen molar-refractivity contribution in [2.24, 2.45) is 0 Å². The lowest BCUT2D eigenvalue weighted by Crippen LogP contribution is -1.89. The lowest BCUT2D eigenvalue weighted by atomic mass is 9.92. The maximum atomic E-state index is 3.59. The molecule has 4 rings (SSSR count). The molecule has 3 heteroatoms. The lowest BCUT2D eigenvalue weighted by Gasteiger charge is -2.13. The zero-order chi connectivity index (χ0) is 20.9. The van der Waals surface area contributed by atoms with Crippen molar-refractivity contribution in [1.82, 2.24) is 0 Å². The molecule has 0 radical (unpaired) electrons. The van der Waals surface area contributed by atoms with Crippen molar-refractivity contribution in [2.75, 3.05) is 0 Å². The van der Waals surface area contributed by atoms with Crippen molar-refractivity contribution < 1.29 is 0 Å². The van der Waals surface area contributed by atoms with Crippen LogP contribution in [0.25, 0.3) is 33.4 Å². The van der Waals surface area contributed by atoms with Crippen molar-refractivity contribution in [3.63, 3.8) is 0 Å². The van der Waals surface area contributed by atoms with Crippen LogP contribution in [0.3, 0.4) is 0 Å². The number of rotatable bonds is 6. The molecule has 30 heavy (non-hydrogen) atoms. The maximum absolute atomic E-state index is 3.59. The minimum absolute atomic E-state index is 0.855. The zero-order valence-corrected chi connectivity index (χ0v) is 21.2. The molecule has 0 nitrogen and oxygen atoms in total. The van der Waals surface area contributed by atoms with Crippen LogP contribution in [0.2, 0.25) is 0 Å². The minimum Gasteiger partial charge on any atom is -0.0876 e. The Kier molecular flexibility index (Phi) is 7.24. The van der Waals surface area contributed by atoms with Gasteiger partial charge in [0.15, 0.2) is 0 Å². The van der Waals surface area contributed by atoms with E-state index < -0.39 is 0 Å². The van der Waals surface area contributed by atoms with E-state index in [9.17, 15) is 0 Å². The van der Waals surface area contributed by atoms with Gasteiger partial charge in [-0.05, 0) is 68.3 Å². The molecule has 0 aliphatic carbocycles. The first-order chi connectivity index (χ1) is 14.7. The summed E-state index contributed by atoms with van der Waals surface area (Å²) in [4.78, 5) is 0. The van der Waals surface area contributed by atoms with E-state index in [0.717, 1.165) is 16.0 Å². The number of halogens is 3. The highest BCUT2D eigenvalue weighted by Gasteiger charge is 2.09. The van der Waals surface area contributed by atoms with Gasteiger partial charge in [0, 0.05) is 16.0 Å². The van der Waals surface area contributed by atoms with E-state index in [4.69, 9.17) is 0 Å². The summed E-state index contributed by atoms with van der Waals surface area (Å²) < 4.78 is 0. The third-order valence-electron chi connectivity index (χ3n) is 5.18. The standard InChI is InChI=1S/C27H21Br3/c28-16-19-4-1-7-22(10-19)25-13-26(23-8-2-5-20(11-23)17-29)15-27(14-25)24-9-3-6-21(12-24)18-30/h1-15H,16-18H2. The van der Waals surface area contributed by atoms with Gasteiger partial charge in [0.2, 0.25) is 0 Å². The van der Waals surface area contributed by atoms with E-state index in [1.807, 2.05) is 0 Å². The fraction of sp³-hybridized carbons (Fsp3) is 0.111. The van der Waals surface area contributed by atoms with E-state index in [-0.39, 0.29) is 0 Å². The molecule has 0 saturated carbocycles. The molecule has 0 atom stereocenters. The molecule has 0 fully saturated rings. The summed E-state index contributed by atoms with van der Waals surface area (Å²) >= 11 is 10.8. The Bertz CT molecular complexity index is 1010. The average Bonchev–Trinajstić information content (AvgIpc) is 2.83. The maximum Gasteiger partial charge on any atom is 0.0283 e. The fourth-order valence-corrected chi connectivity index (χ4v) is 4.68. The molecule has 4 aromatic carbocycles. The molecule has 0 heterocycles. The van der Waals surface area contributed by atoms with Crippen molar-refractivity contribution in [1.29, 1.82) is 0 Å². The third-order valence-corrected chi connectivity index (χ3v) is 7.12. The van der Waals surface area contributed by atoms with Gasteiger partial charge in [-0.25, -0.2) is 0 Å². The van der Waals surface area contributed by atoms with E-state index in [2.05, 4.69) is 139 Å². The smallest absolute Gasteiger partial charge is 0.0283 e. The number of benzene rings is 4. The zero-order valence-electron chi connectivity index (χ0n) is 16.4. The van der Waals surface area contributed by atoms with E-state index in [1.54, 1.807) is 0 Å². The largest absolute Gasteiger partial charge is 0.0876 e. The topological polar surface area (TPSA) is 0 Å². The van der Waals surface area contributed by atoms with Crippen molar-refractivity contribution in [3.8, 4) is 33.4 Å². The molecule has 0 unspecified atom stereocenters. The Labute approximate surface area is 203 Å². The molecule has 0 aromatic heterocycles. The SMILES string of the molecule is BrCc1cccc(-c2cc(-c3cccc(CBr)c3)cc(-c3cccc(CBr)c3)c2)c1. The van der Waals surface area contributed by atoms with E-state index >= 15 is 0 Å². The molecule has 0 amide bonds. The lowest BCUT2D eigenvalue weighted by molar-refractivity contribution is 1.42. The van der Waals surface area contributed by atoms with Crippen LogP contribution in [0.1, 0.15) is 16.7 Å². The molecular weight excluding hydrogens is 564 g/mol. The monoisotopic (exact) mass is 582 g/mol. The highest BCUT2D eigenvalue weighted by atomic mass is 79.9. The summed E-state index contributed by atoms with van der Waals surface area (Å²) in [5.41, 5.74) is 11.3. The summed E-state index contributed by atoms with van der Waals surface area (Å²) in [5, 5.41) is 2.57. The highest BCUT2D eigenvalue weighted by Crippen LogP contribution is 2.34. The predicted molar refractivity (Wildman–Crippen MR) is 141 cm³/mol. The molecule has 0 bridgehead atoms. The van der Waals surface area contributed by atoms with Gasteiger partial charge in [-0.1, -0.05) is 121 Å². The van der Waals surface area contributed by atoms with Crippen molar-refractivity contribution >= 4 is 47.8 Å². The molecule has 0 aliphatic heterocycles. The molecular formula is C27H21Br3. The van der Waals surface area contributed by atoms with Crippen LogP contribution in [0.4, 0.5) is 0 Å². The molecule has 0 spiro atoms. The Balaban J connectivity index is 1.91. The molecule has 4 aromatic rings. The quantitative estimate of drug-likeness (QED) is 0.198. The predicted octanol–water partition coefficient (Wildman–Crippen LogP) is 9.37. The molecule has 0 saturated heterocycles. The van der Waals surface area contributed by atoms with Gasteiger partial charge in [-0.3, -0.25) is 0 Å². The van der Waals surface area contributed by atoms with Gasteiger partial charge >= 0.3 is 0 Å². The van der Waals surface area contributed by atoms with Crippen molar-refractivity contribution in [3.05, 3.63) is 108 Å². The highest BCUT2D eigenvalue weighted by molar-refractivity contribution is 9.09. The van der Waals surface area contributed by atoms with Crippen LogP contribution >= 0.6 is 47.8 Å². The van der Waals surface area contributed by atoms with Crippen LogP contribution in [0, 0.1) is 0 Å². The van der Waals surface area contributed by atoms with Gasteiger partial charge in [0.05, 0.1) is 0 Å². The Hall–Kier alpha value is -1.68. The number of hydrogen-bond donors (Lipinski definition) is 0. The van der Waals surface area contributed by atoms with Crippen molar-refractivity contribution in [2.45, 2.75) is 16.0 Å². The van der Waals surface area contributed by atoms with Crippen LogP contribution in [-0.2, 0) is 16.0 Å². The fourth-order valence-electron chi connectivity index (χ4n) is 3.63. The van der Waals surface area contributed by atoms with E-state index in [1.165, 1.54) is 50.1 Å². The minimum atomic E-state index is 0.855. The summed E-state index contributed by atoms with van der Waals surface area (Å²) in [7, 11) is 0. The van der Waals surface area contributed by atoms with Crippen LogP contribution in [-0.4, -0.2) is 0 Å². The van der Waals surface area contributed by atoms with Gasteiger partial charge in [-0.15, -0.1) is 0 Å². The average molecular weight is 585 g/mol. The first-order valence-electron chi connectivity index (χ1n) is 9.81. The first kappa shape index (κ1) is 21.5. The molecule has 0 N–H and O–H groups in total.